The van der Waals surface area contributed by atoms with Crippen molar-refractivity contribution in [1.82, 2.24) is 20.1 Å². The number of fused-ring (bicyclic) bond motifs is 1. The molecule has 1 aliphatic rings. The van der Waals surface area contributed by atoms with Gasteiger partial charge in [0.2, 0.25) is 0 Å². The van der Waals surface area contributed by atoms with E-state index in [1.54, 1.807) is 12.4 Å². The van der Waals surface area contributed by atoms with Crippen LogP contribution in [0.15, 0.2) is 24.5 Å². The highest BCUT2D eigenvalue weighted by Gasteiger charge is 2.24. The predicted molar refractivity (Wildman–Crippen MR) is 76.7 cm³/mol. The van der Waals surface area contributed by atoms with Crippen molar-refractivity contribution in [1.29, 1.82) is 0 Å². The molecule has 6 nitrogen and oxygen atoms in total. The van der Waals surface area contributed by atoms with Crippen LogP contribution in [0.5, 0.6) is 0 Å². The van der Waals surface area contributed by atoms with Gasteiger partial charge in [0.05, 0.1) is 13.2 Å². The maximum absolute atomic E-state index is 12.4. The van der Waals surface area contributed by atoms with E-state index in [9.17, 15) is 4.79 Å². The second kappa shape index (κ2) is 6.05. The third-order valence-corrected chi connectivity index (χ3v) is 3.61. The van der Waals surface area contributed by atoms with E-state index in [2.05, 4.69) is 15.4 Å². The third kappa shape index (κ3) is 2.80. The summed E-state index contributed by atoms with van der Waals surface area (Å²) >= 11 is 0. The van der Waals surface area contributed by atoms with Crippen LogP contribution < -0.4 is 5.32 Å². The SMILES string of the molecule is CCn1nc(C(=O)NCc2ccncc2)c2c1CCOC2. The summed E-state index contributed by atoms with van der Waals surface area (Å²) in [7, 11) is 0. The van der Waals surface area contributed by atoms with Gasteiger partial charge in [0.1, 0.15) is 0 Å². The minimum atomic E-state index is -0.152. The molecule has 0 saturated heterocycles. The van der Waals surface area contributed by atoms with Crippen molar-refractivity contribution in [3.63, 3.8) is 0 Å². The Balaban J connectivity index is 1.77. The van der Waals surface area contributed by atoms with Gasteiger partial charge < -0.3 is 10.1 Å². The van der Waals surface area contributed by atoms with Gasteiger partial charge in [-0.3, -0.25) is 14.5 Å². The summed E-state index contributed by atoms with van der Waals surface area (Å²) in [4.78, 5) is 16.3. The van der Waals surface area contributed by atoms with Crippen LogP contribution >= 0.6 is 0 Å². The van der Waals surface area contributed by atoms with Crippen LogP contribution in [0.4, 0.5) is 0 Å². The molecule has 0 aromatic carbocycles. The second-order valence-electron chi connectivity index (χ2n) is 4.93. The van der Waals surface area contributed by atoms with Gasteiger partial charge in [0.25, 0.3) is 5.91 Å². The molecular formula is C15H18N4O2. The van der Waals surface area contributed by atoms with Gasteiger partial charge in [-0.2, -0.15) is 5.10 Å². The molecule has 0 atom stereocenters. The Bertz CT molecular complexity index is 637. The highest BCUT2D eigenvalue weighted by Crippen LogP contribution is 2.21. The number of nitrogens with one attached hydrogen (secondary N) is 1. The number of carbonyl (C=O) groups is 1. The number of amides is 1. The molecule has 0 radical (unpaired) electrons. The highest BCUT2D eigenvalue weighted by molar-refractivity contribution is 5.94. The topological polar surface area (TPSA) is 69.0 Å². The first-order valence-corrected chi connectivity index (χ1v) is 7.13. The predicted octanol–water partition coefficient (Wildman–Crippen LogP) is 1.30. The molecule has 0 spiro atoms. The lowest BCUT2D eigenvalue weighted by atomic mass is 10.1. The van der Waals surface area contributed by atoms with E-state index in [4.69, 9.17) is 4.74 Å². The number of carbonyl (C=O) groups excluding carboxylic acids is 1. The number of hydrogen-bond acceptors (Lipinski definition) is 4. The summed E-state index contributed by atoms with van der Waals surface area (Å²) in [5.74, 6) is -0.152. The molecule has 0 unspecified atom stereocenters. The second-order valence-corrected chi connectivity index (χ2v) is 4.93. The minimum Gasteiger partial charge on any atom is -0.376 e. The Hall–Kier alpha value is -2.21. The number of hydrogen-bond donors (Lipinski definition) is 1. The molecule has 0 aliphatic carbocycles. The fourth-order valence-corrected chi connectivity index (χ4v) is 2.52. The molecule has 110 valence electrons. The van der Waals surface area contributed by atoms with Crippen LogP contribution in [-0.4, -0.2) is 27.3 Å². The number of ether oxygens (including phenoxy) is 1. The summed E-state index contributed by atoms with van der Waals surface area (Å²) in [5, 5.41) is 7.34. The molecule has 1 aliphatic heterocycles. The lowest BCUT2D eigenvalue weighted by Crippen LogP contribution is -2.25. The van der Waals surface area contributed by atoms with Gasteiger partial charge in [-0.15, -0.1) is 0 Å². The van der Waals surface area contributed by atoms with Crippen molar-refractivity contribution in [2.24, 2.45) is 0 Å². The van der Waals surface area contributed by atoms with E-state index in [-0.39, 0.29) is 5.91 Å². The molecule has 3 rings (SSSR count). The van der Waals surface area contributed by atoms with Crippen molar-refractivity contribution in [3.8, 4) is 0 Å². The molecule has 1 N–H and O–H groups in total. The van der Waals surface area contributed by atoms with E-state index in [0.29, 0.717) is 25.5 Å². The van der Waals surface area contributed by atoms with Crippen LogP contribution in [0.25, 0.3) is 0 Å². The fraction of sp³-hybridized carbons (Fsp3) is 0.400. The Morgan fingerprint density at radius 3 is 3.00 bits per heavy atom. The monoisotopic (exact) mass is 286 g/mol. The first kappa shape index (κ1) is 13.8. The molecule has 2 aromatic rings. The molecule has 0 bridgehead atoms. The number of rotatable bonds is 4. The Labute approximate surface area is 123 Å². The molecular weight excluding hydrogens is 268 g/mol. The van der Waals surface area contributed by atoms with Crippen molar-refractivity contribution in [2.75, 3.05) is 6.61 Å². The molecule has 6 heteroatoms. The largest absolute Gasteiger partial charge is 0.376 e. The first-order chi connectivity index (χ1) is 10.3. The molecule has 21 heavy (non-hydrogen) atoms. The van der Waals surface area contributed by atoms with Gasteiger partial charge in [-0.05, 0) is 24.6 Å². The summed E-state index contributed by atoms with van der Waals surface area (Å²) in [6, 6.07) is 3.76. The van der Waals surface area contributed by atoms with Gasteiger partial charge in [0.15, 0.2) is 5.69 Å². The minimum absolute atomic E-state index is 0.152. The zero-order chi connectivity index (χ0) is 14.7. The number of aryl methyl sites for hydroxylation is 1. The van der Waals surface area contributed by atoms with Crippen LogP contribution in [0.2, 0.25) is 0 Å². The van der Waals surface area contributed by atoms with E-state index < -0.39 is 0 Å². The summed E-state index contributed by atoms with van der Waals surface area (Å²) < 4.78 is 7.37. The van der Waals surface area contributed by atoms with Crippen LogP contribution in [0.1, 0.15) is 34.2 Å². The maximum atomic E-state index is 12.4. The first-order valence-electron chi connectivity index (χ1n) is 7.13. The van der Waals surface area contributed by atoms with E-state index >= 15 is 0 Å². The van der Waals surface area contributed by atoms with E-state index in [1.807, 2.05) is 23.7 Å². The van der Waals surface area contributed by atoms with Gasteiger partial charge >= 0.3 is 0 Å². The lowest BCUT2D eigenvalue weighted by molar-refractivity contribution is 0.0922. The fourth-order valence-electron chi connectivity index (χ4n) is 2.52. The summed E-state index contributed by atoms with van der Waals surface area (Å²) in [6.07, 6.45) is 4.24. The Kier molecular flexibility index (Phi) is 3.96. The molecule has 2 aromatic heterocycles. The normalized spacial score (nSPS) is 13.8. The third-order valence-electron chi connectivity index (χ3n) is 3.61. The van der Waals surface area contributed by atoms with Crippen molar-refractivity contribution < 1.29 is 9.53 Å². The highest BCUT2D eigenvalue weighted by atomic mass is 16.5. The van der Waals surface area contributed by atoms with Gasteiger partial charge in [0, 0.05) is 43.2 Å². The molecule has 0 fully saturated rings. The standard InChI is InChI=1S/C15H18N4O2/c1-2-19-13-5-8-21-10-12(13)14(18-19)15(20)17-9-11-3-6-16-7-4-11/h3-4,6-7H,2,5,8-10H2,1H3,(H,17,20). The summed E-state index contributed by atoms with van der Waals surface area (Å²) in [6.45, 7) is 4.42. The average Bonchev–Trinajstić information content (AvgIpc) is 2.92. The number of aromatic nitrogens is 3. The van der Waals surface area contributed by atoms with Crippen LogP contribution in [-0.2, 0) is 30.9 Å². The van der Waals surface area contributed by atoms with Crippen molar-refractivity contribution >= 4 is 5.91 Å². The number of nitrogens with zero attached hydrogens (tertiary/aromatic N) is 3. The maximum Gasteiger partial charge on any atom is 0.272 e. The molecule has 1 amide bonds. The quantitative estimate of drug-likeness (QED) is 0.920. The average molecular weight is 286 g/mol. The van der Waals surface area contributed by atoms with Crippen molar-refractivity contribution in [2.45, 2.75) is 33.0 Å². The summed E-state index contributed by atoms with van der Waals surface area (Å²) in [5.41, 5.74) is 3.55. The van der Waals surface area contributed by atoms with Crippen LogP contribution in [0.3, 0.4) is 0 Å². The zero-order valence-electron chi connectivity index (χ0n) is 12.0. The molecule has 0 saturated carbocycles. The van der Waals surface area contributed by atoms with Crippen molar-refractivity contribution in [3.05, 3.63) is 47.0 Å². The van der Waals surface area contributed by atoms with Gasteiger partial charge in [-0.25, -0.2) is 0 Å². The Morgan fingerprint density at radius 2 is 2.24 bits per heavy atom. The lowest BCUT2D eigenvalue weighted by Gasteiger charge is -2.14. The smallest absolute Gasteiger partial charge is 0.272 e. The Morgan fingerprint density at radius 1 is 1.43 bits per heavy atom. The molecule has 3 heterocycles. The van der Waals surface area contributed by atoms with E-state index in [0.717, 1.165) is 29.8 Å². The zero-order valence-corrected chi connectivity index (χ0v) is 12.0. The van der Waals surface area contributed by atoms with Crippen LogP contribution in [0, 0.1) is 0 Å². The van der Waals surface area contributed by atoms with E-state index in [1.165, 1.54) is 0 Å². The number of pyridine rings is 1. The van der Waals surface area contributed by atoms with Gasteiger partial charge in [-0.1, -0.05) is 0 Å².